The fourth-order valence-corrected chi connectivity index (χ4v) is 4.77. The summed E-state index contributed by atoms with van der Waals surface area (Å²) in [5.41, 5.74) is 9.42. The number of halogens is 1. The van der Waals surface area contributed by atoms with Crippen LogP contribution in [0.25, 0.3) is 22.2 Å². The second-order valence-electron chi connectivity index (χ2n) is 8.88. The maximum atomic E-state index is 12.4. The van der Waals surface area contributed by atoms with Gasteiger partial charge in [-0.3, -0.25) is 10.2 Å². The molecule has 0 atom stereocenters. The van der Waals surface area contributed by atoms with Crippen LogP contribution in [0.5, 0.6) is 5.75 Å². The number of carbonyl (C=O) groups is 1. The number of carbonyl (C=O) groups excluding carboxylic acids is 1. The molecule has 1 aromatic carbocycles. The SMILES string of the molecule is COc1cc(-c2cn(C3CCOCC3)c3ncnc(N)c23)ccc1NC(=O)OCCN1CCOCC1.Cl. The fourth-order valence-electron chi connectivity index (χ4n) is 4.77. The van der Waals surface area contributed by atoms with Crippen LogP contribution in [0.1, 0.15) is 18.9 Å². The second kappa shape index (κ2) is 12.4. The normalized spacial score (nSPS) is 16.8. The van der Waals surface area contributed by atoms with Crippen molar-refractivity contribution in [2.45, 2.75) is 18.9 Å². The van der Waals surface area contributed by atoms with Crippen molar-refractivity contribution in [2.24, 2.45) is 0 Å². The average Bonchev–Trinajstić information content (AvgIpc) is 3.31. The number of nitrogens with one attached hydrogen (secondary N) is 1. The number of morpholine rings is 1. The Labute approximate surface area is 221 Å². The highest BCUT2D eigenvalue weighted by molar-refractivity contribution is 6.01. The van der Waals surface area contributed by atoms with Gasteiger partial charge in [-0.1, -0.05) is 6.07 Å². The number of nitrogens with two attached hydrogens (primary N) is 1. The summed E-state index contributed by atoms with van der Waals surface area (Å²) < 4.78 is 24.0. The van der Waals surface area contributed by atoms with Gasteiger partial charge in [0, 0.05) is 50.7 Å². The third-order valence-corrected chi connectivity index (χ3v) is 6.72. The molecule has 37 heavy (non-hydrogen) atoms. The number of anilines is 2. The minimum absolute atomic E-state index is 0. The van der Waals surface area contributed by atoms with Gasteiger partial charge in [0.25, 0.3) is 0 Å². The molecule has 3 N–H and O–H groups in total. The Morgan fingerprint density at radius 2 is 1.92 bits per heavy atom. The molecule has 2 saturated heterocycles. The molecule has 12 heteroatoms. The van der Waals surface area contributed by atoms with E-state index in [1.807, 2.05) is 12.1 Å². The number of rotatable bonds is 7. The number of ether oxygens (including phenoxy) is 4. The third kappa shape index (κ3) is 6.07. The topological polar surface area (TPSA) is 126 Å². The molecule has 2 aliphatic heterocycles. The monoisotopic (exact) mass is 532 g/mol. The number of methoxy groups -OCH3 is 1. The van der Waals surface area contributed by atoms with E-state index >= 15 is 0 Å². The van der Waals surface area contributed by atoms with E-state index in [0.717, 1.165) is 61.3 Å². The summed E-state index contributed by atoms with van der Waals surface area (Å²) in [5.74, 6) is 0.936. The summed E-state index contributed by atoms with van der Waals surface area (Å²) in [6.07, 6.45) is 4.87. The lowest BCUT2D eigenvalue weighted by Crippen LogP contribution is -2.38. The lowest BCUT2D eigenvalue weighted by atomic mass is 10.0. The van der Waals surface area contributed by atoms with Gasteiger partial charge in [0.05, 0.1) is 31.4 Å². The van der Waals surface area contributed by atoms with Crippen molar-refractivity contribution < 1.29 is 23.7 Å². The summed E-state index contributed by atoms with van der Waals surface area (Å²) in [5, 5.41) is 3.59. The predicted octanol–water partition coefficient (Wildman–Crippen LogP) is 3.34. The third-order valence-electron chi connectivity index (χ3n) is 6.72. The van der Waals surface area contributed by atoms with Crippen LogP contribution >= 0.6 is 12.4 Å². The van der Waals surface area contributed by atoms with Crippen LogP contribution in [0.15, 0.2) is 30.7 Å². The lowest BCUT2D eigenvalue weighted by Gasteiger charge is -2.26. The average molecular weight is 533 g/mol. The molecule has 3 aromatic rings. The van der Waals surface area contributed by atoms with Crippen molar-refractivity contribution in [3.05, 3.63) is 30.7 Å². The van der Waals surface area contributed by atoms with Crippen molar-refractivity contribution in [1.82, 2.24) is 19.4 Å². The van der Waals surface area contributed by atoms with Crippen LogP contribution in [0.3, 0.4) is 0 Å². The van der Waals surface area contributed by atoms with Crippen LogP contribution in [-0.4, -0.2) is 85.3 Å². The standard InChI is InChI=1S/C25H32N6O5.ClH/c1-33-21-14-17(2-3-20(21)29-25(32)36-13-8-30-6-11-35-12-7-30)19-15-31(18-4-9-34-10-5-18)24-22(19)23(26)27-16-28-24;/h2-3,14-16,18H,4-13H2,1H3,(H,29,32)(H2,26,27,28);1H. The molecule has 0 unspecified atom stereocenters. The van der Waals surface area contributed by atoms with Crippen molar-refractivity contribution in [1.29, 1.82) is 0 Å². The minimum atomic E-state index is -0.525. The molecule has 0 spiro atoms. The van der Waals surface area contributed by atoms with E-state index in [0.29, 0.717) is 43.6 Å². The van der Waals surface area contributed by atoms with E-state index in [1.54, 1.807) is 13.2 Å². The molecule has 0 saturated carbocycles. The second-order valence-corrected chi connectivity index (χ2v) is 8.88. The Morgan fingerprint density at radius 1 is 1.16 bits per heavy atom. The van der Waals surface area contributed by atoms with E-state index in [-0.39, 0.29) is 18.4 Å². The molecule has 0 radical (unpaired) electrons. The number of hydrogen-bond donors (Lipinski definition) is 2. The van der Waals surface area contributed by atoms with Crippen LogP contribution in [0, 0.1) is 0 Å². The minimum Gasteiger partial charge on any atom is -0.495 e. The van der Waals surface area contributed by atoms with Gasteiger partial charge < -0.3 is 29.2 Å². The Morgan fingerprint density at radius 3 is 2.68 bits per heavy atom. The molecule has 1 amide bonds. The number of aromatic nitrogens is 3. The van der Waals surface area contributed by atoms with Gasteiger partial charge >= 0.3 is 6.09 Å². The molecular weight excluding hydrogens is 500 g/mol. The van der Waals surface area contributed by atoms with Crippen LogP contribution < -0.4 is 15.8 Å². The molecule has 2 aliphatic rings. The highest BCUT2D eigenvalue weighted by Crippen LogP contribution is 2.39. The van der Waals surface area contributed by atoms with Gasteiger partial charge in [0.2, 0.25) is 0 Å². The molecule has 5 rings (SSSR count). The smallest absolute Gasteiger partial charge is 0.411 e. The van der Waals surface area contributed by atoms with Gasteiger partial charge in [0.1, 0.15) is 30.1 Å². The zero-order valence-corrected chi connectivity index (χ0v) is 21.7. The first-order valence-corrected chi connectivity index (χ1v) is 12.2. The van der Waals surface area contributed by atoms with Crippen molar-refractivity contribution in [3.8, 4) is 16.9 Å². The van der Waals surface area contributed by atoms with Gasteiger partial charge in [-0.15, -0.1) is 12.4 Å². The van der Waals surface area contributed by atoms with E-state index in [9.17, 15) is 4.79 Å². The number of fused-ring (bicyclic) bond motifs is 1. The van der Waals surface area contributed by atoms with Crippen molar-refractivity contribution in [3.63, 3.8) is 0 Å². The van der Waals surface area contributed by atoms with Gasteiger partial charge in [0.15, 0.2) is 0 Å². The van der Waals surface area contributed by atoms with E-state index in [1.165, 1.54) is 6.33 Å². The lowest BCUT2D eigenvalue weighted by molar-refractivity contribution is 0.0290. The van der Waals surface area contributed by atoms with E-state index in [4.69, 9.17) is 24.7 Å². The first-order chi connectivity index (χ1) is 17.6. The Bertz CT molecular complexity index is 1210. The Hall–Kier alpha value is -3.12. The molecule has 2 aromatic heterocycles. The molecule has 2 fully saturated rings. The quantitative estimate of drug-likeness (QED) is 0.471. The van der Waals surface area contributed by atoms with Gasteiger partial charge in [-0.05, 0) is 30.5 Å². The van der Waals surface area contributed by atoms with Crippen LogP contribution in [0.2, 0.25) is 0 Å². The van der Waals surface area contributed by atoms with Gasteiger partial charge in [-0.25, -0.2) is 14.8 Å². The number of nitrogen functional groups attached to an aromatic ring is 1. The molecule has 0 aliphatic carbocycles. The zero-order chi connectivity index (χ0) is 24.9. The van der Waals surface area contributed by atoms with Crippen LogP contribution in [-0.2, 0) is 14.2 Å². The number of hydrogen-bond acceptors (Lipinski definition) is 9. The highest BCUT2D eigenvalue weighted by atomic mass is 35.5. The Kier molecular flexibility index (Phi) is 9.04. The number of benzene rings is 1. The van der Waals surface area contributed by atoms with Crippen molar-refractivity contribution in [2.75, 3.05) is 70.8 Å². The van der Waals surface area contributed by atoms with Crippen LogP contribution in [0.4, 0.5) is 16.3 Å². The molecule has 0 bridgehead atoms. The molecule has 11 nitrogen and oxygen atoms in total. The van der Waals surface area contributed by atoms with E-state index < -0.39 is 6.09 Å². The maximum Gasteiger partial charge on any atom is 0.411 e. The Balaban J connectivity index is 0.00000320. The maximum absolute atomic E-state index is 12.4. The zero-order valence-electron chi connectivity index (χ0n) is 20.9. The number of nitrogens with zero attached hydrogens (tertiary/aromatic N) is 4. The largest absolute Gasteiger partial charge is 0.495 e. The molecular formula is C25H33ClN6O5. The van der Waals surface area contributed by atoms with Crippen molar-refractivity contribution >= 4 is 41.0 Å². The molecule has 200 valence electrons. The summed E-state index contributed by atoms with van der Waals surface area (Å²) in [7, 11) is 1.57. The first kappa shape index (κ1) is 26.9. The summed E-state index contributed by atoms with van der Waals surface area (Å²) in [6, 6.07) is 5.87. The summed E-state index contributed by atoms with van der Waals surface area (Å²) >= 11 is 0. The summed E-state index contributed by atoms with van der Waals surface area (Å²) in [6.45, 7) is 5.53. The van der Waals surface area contributed by atoms with Gasteiger partial charge in [-0.2, -0.15) is 0 Å². The predicted molar refractivity (Wildman–Crippen MR) is 142 cm³/mol. The fraction of sp³-hybridized carbons (Fsp3) is 0.480. The summed E-state index contributed by atoms with van der Waals surface area (Å²) in [4.78, 5) is 23.4. The first-order valence-electron chi connectivity index (χ1n) is 12.2. The molecule has 4 heterocycles. The van der Waals surface area contributed by atoms with E-state index in [2.05, 4.69) is 30.9 Å². The highest BCUT2D eigenvalue weighted by Gasteiger charge is 2.23. The number of amides is 1.